The number of rotatable bonds is 9. The van der Waals surface area contributed by atoms with Gasteiger partial charge in [-0.25, -0.2) is 79.0 Å². The molecule has 4 aliphatic carbocycles. The number of hydrogen-bond acceptors (Lipinski definition) is 0. The molecule has 0 N–H and O–H groups in total. The molecule has 0 aliphatic heterocycles. The van der Waals surface area contributed by atoms with Crippen molar-refractivity contribution < 1.29 is 79.0 Å². The molecule has 0 aromatic heterocycles. The Hall–Kier alpha value is -4.81. The fraction of sp³-hybridized carbons (Fsp3) is 0.565. The summed E-state index contributed by atoms with van der Waals surface area (Å²) in [5.41, 5.74) is -13.4. The van der Waals surface area contributed by atoms with E-state index in [4.69, 9.17) is 0 Å². The van der Waals surface area contributed by atoms with E-state index in [2.05, 4.69) is 0 Å². The minimum Gasteiger partial charge on any atom is -0.204 e. The maximum absolute atomic E-state index is 20.3. The third kappa shape index (κ3) is 7.26. The van der Waals surface area contributed by atoms with Gasteiger partial charge in [-0.1, -0.05) is 171 Å². The zero-order valence-corrected chi connectivity index (χ0v) is 52.6. The Bertz CT molecular complexity index is 3350. The highest BCUT2D eigenvalue weighted by molar-refractivity contribution is 8.65. The molecule has 0 bridgehead atoms. The monoisotopic (exact) mass is 1280 g/mol. The average Bonchev–Trinajstić information content (AvgIpc) is 0.571. The summed E-state index contributed by atoms with van der Waals surface area (Å²) in [6.07, 6.45) is -0.419. The lowest BCUT2D eigenvalue weighted by Crippen LogP contribution is -2.88. The van der Waals surface area contributed by atoms with Gasteiger partial charge in [0.2, 0.25) is 17.5 Å². The van der Waals surface area contributed by atoms with Crippen LogP contribution in [-0.2, 0) is 0 Å². The molecule has 0 nitrogen and oxygen atoms in total. The predicted molar refractivity (Wildman–Crippen MR) is 303 cm³/mol. The Morgan fingerprint density at radius 1 is 0.330 bits per heavy atom. The molecule has 4 unspecified atom stereocenters. The molecule has 0 spiro atoms. The van der Waals surface area contributed by atoms with Crippen molar-refractivity contribution in [1.29, 1.82) is 0 Å². The zero-order chi connectivity index (χ0) is 65.7. The first-order valence-electron chi connectivity index (χ1n) is 30.5. The van der Waals surface area contributed by atoms with Crippen LogP contribution in [0.15, 0.2) is 66.9 Å². The molecular formula is C69H78F18S. The van der Waals surface area contributed by atoms with Crippen molar-refractivity contribution in [3.63, 3.8) is 0 Å². The lowest BCUT2D eigenvalue weighted by molar-refractivity contribution is -0.366. The van der Waals surface area contributed by atoms with Crippen LogP contribution in [0, 0.1) is 160 Å². The third-order valence-electron chi connectivity index (χ3n) is 23.5. The highest BCUT2D eigenvalue weighted by atomic mass is 32.4. The Labute approximate surface area is 503 Å². The van der Waals surface area contributed by atoms with E-state index in [1.54, 1.807) is 55.4 Å². The first kappa shape index (κ1) is 67.6. The molecule has 0 radical (unpaired) electrons. The molecule has 19 heteroatoms. The molecule has 0 amide bonds. The van der Waals surface area contributed by atoms with Crippen LogP contribution >= 0.6 is 8.29 Å². The van der Waals surface area contributed by atoms with E-state index in [-0.39, 0.29) is 69.9 Å². The van der Waals surface area contributed by atoms with Gasteiger partial charge in [-0.3, -0.25) is 0 Å². The maximum Gasteiger partial charge on any atom is 0.200 e. The van der Waals surface area contributed by atoms with Crippen LogP contribution in [-0.4, -0.2) is 4.75 Å². The van der Waals surface area contributed by atoms with Gasteiger partial charge in [0.25, 0.3) is 0 Å². The second-order valence-corrected chi connectivity index (χ2v) is 35.6. The Balaban J connectivity index is 2.10. The Kier molecular flexibility index (Phi) is 16.4. The normalized spacial score (nSPS) is 25.7. The van der Waals surface area contributed by atoms with Gasteiger partial charge in [0.05, 0.1) is 14.7 Å². The van der Waals surface area contributed by atoms with Crippen LogP contribution < -0.4 is 0 Å². The van der Waals surface area contributed by atoms with Gasteiger partial charge in [-0.2, -0.15) is 0 Å². The summed E-state index contributed by atoms with van der Waals surface area (Å²) in [7, 11) is -10.7. The van der Waals surface area contributed by atoms with Crippen LogP contribution in [0.4, 0.5) is 79.0 Å². The van der Waals surface area contributed by atoms with Crippen molar-refractivity contribution in [1.82, 2.24) is 0 Å². The number of hydrogen-bond donors (Lipinski definition) is 0. The lowest BCUT2D eigenvalue weighted by atomic mass is 9.19. The number of benzene rings is 5. The molecule has 5 aromatic rings. The zero-order valence-electron chi connectivity index (χ0n) is 51.8. The standard InChI is InChI=1S/C69H78F18S/c1-62(2,3)66(12)65(10,11)35-67(36-25-17-13-18-26-36,69(64(7,8)9,38-29-21-15-22-30-38)68(66,63(4,5)6)37-27-19-14-20-28-37)88(39-31-23-16-24-32-39,41-34-33-40(70)42(71)43(41)72,59-53(82)47(76)44(73)48(77)54(59)83,60-55(84)49(78)45(74)50(79)56(60)85)61-57(86)51(80)46(75)52(81)58(61)87/h16,23-24,31-34,36-38H,13-15,17-22,25-30,35H2,1-12H3. The molecule has 88 heavy (non-hydrogen) atoms. The fourth-order valence-corrected chi connectivity index (χ4v) is 34.3. The van der Waals surface area contributed by atoms with Crippen LogP contribution in [0.3, 0.4) is 0 Å². The second kappa shape index (κ2) is 21.4. The first-order chi connectivity index (χ1) is 40.7. The van der Waals surface area contributed by atoms with E-state index in [0.29, 0.717) is 37.8 Å². The van der Waals surface area contributed by atoms with Crippen LogP contribution in [0.5, 0.6) is 0 Å². The molecule has 0 heterocycles. The van der Waals surface area contributed by atoms with Crippen LogP contribution in [0.2, 0.25) is 0 Å². The van der Waals surface area contributed by atoms with Gasteiger partial charge in [0.1, 0.15) is 0 Å². The summed E-state index contributed by atoms with van der Waals surface area (Å²) in [6.45, 7) is 20.6. The SMILES string of the molecule is CC(C)(C)C1(C)C(C)(C)CC(C2CCCCC2)(S(c2ccccc2)(c2ccc(F)c(F)c2F)(c2c(F)c(F)c(F)c(F)c2F)(c2c(F)c(F)c(F)c(F)c2F)c2c(F)c(F)c(F)c(F)c2F)C(C2CCCCC2)(C(C)(C)C)C1(C1CCCCC1)C(C)(C)C. The minimum atomic E-state index is -10.7. The summed E-state index contributed by atoms with van der Waals surface area (Å²) >= 11 is 0. The van der Waals surface area contributed by atoms with E-state index < -0.39 is 217 Å². The van der Waals surface area contributed by atoms with Crippen molar-refractivity contribution in [3.05, 3.63) is 147 Å². The Morgan fingerprint density at radius 2 is 0.636 bits per heavy atom. The largest absolute Gasteiger partial charge is 0.204 e. The van der Waals surface area contributed by atoms with Crippen molar-refractivity contribution >= 4 is 8.29 Å². The van der Waals surface area contributed by atoms with E-state index in [1.165, 1.54) is 0 Å². The van der Waals surface area contributed by atoms with Gasteiger partial charge in [-0.05, 0) is 118 Å². The van der Waals surface area contributed by atoms with E-state index in [1.807, 2.05) is 27.7 Å². The third-order valence-corrected chi connectivity index (χ3v) is 33.2. The van der Waals surface area contributed by atoms with Crippen LogP contribution in [0.25, 0.3) is 0 Å². The molecule has 0 saturated heterocycles. The summed E-state index contributed by atoms with van der Waals surface area (Å²) in [6, 6.07) is 3.47. The fourth-order valence-electron chi connectivity index (χ4n) is 22.0. The van der Waals surface area contributed by atoms with Crippen molar-refractivity contribution in [2.75, 3.05) is 0 Å². The highest BCUT2D eigenvalue weighted by Crippen LogP contribution is 3.20. The molecule has 4 saturated carbocycles. The van der Waals surface area contributed by atoms with Gasteiger partial charge in [0, 0.05) is 9.64 Å². The molecule has 486 valence electrons. The molecule has 4 atom stereocenters. The van der Waals surface area contributed by atoms with Crippen molar-refractivity contribution in [2.24, 2.45) is 55.7 Å². The van der Waals surface area contributed by atoms with E-state index in [0.717, 1.165) is 18.2 Å². The van der Waals surface area contributed by atoms with E-state index >= 15 is 79.0 Å². The smallest absolute Gasteiger partial charge is 0.200 e. The highest BCUT2D eigenvalue weighted by Gasteiger charge is 2.97. The van der Waals surface area contributed by atoms with Crippen LogP contribution in [0.1, 0.15) is 186 Å². The lowest BCUT2D eigenvalue weighted by Gasteiger charge is -2.98. The van der Waals surface area contributed by atoms with Crippen molar-refractivity contribution in [2.45, 2.75) is 215 Å². The Morgan fingerprint density at radius 3 is 0.955 bits per heavy atom. The van der Waals surface area contributed by atoms with Gasteiger partial charge in [-0.15, -0.1) is 8.29 Å². The summed E-state index contributed by atoms with van der Waals surface area (Å²) in [5.74, 6) is -61.5. The molecule has 9 rings (SSSR count). The minimum absolute atomic E-state index is 0.0424. The van der Waals surface area contributed by atoms with Gasteiger partial charge >= 0.3 is 0 Å². The summed E-state index contributed by atoms with van der Waals surface area (Å²) < 4.78 is 334. The molecule has 4 aliphatic rings. The van der Waals surface area contributed by atoms with Gasteiger partial charge < -0.3 is 0 Å². The first-order valence-corrected chi connectivity index (χ1v) is 32.9. The molecule has 5 aromatic carbocycles. The molecular weight excluding hydrogens is 1200 g/mol. The van der Waals surface area contributed by atoms with Crippen molar-refractivity contribution in [3.8, 4) is 0 Å². The van der Waals surface area contributed by atoms with E-state index in [9.17, 15) is 0 Å². The second-order valence-electron chi connectivity index (χ2n) is 29.7. The molecule has 4 fully saturated rings. The predicted octanol–water partition coefficient (Wildman–Crippen LogP) is 23.7. The maximum atomic E-state index is 20.3. The topological polar surface area (TPSA) is 0 Å². The van der Waals surface area contributed by atoms with Gasteiger partial charge in [0.15, 0.2) is 87.3 Å². The summed E-state index contributed by atoms with van der Waals surface area (Å²) in [4.78, 5) is -13.1. The quantitative estimate of drug-likeness (QED) is 0.0784. The average molecular weight is 1280 g/mol. The summed E-state index contributed by atoms with van der Waals surface area (Å²) in [5, 5.41) is 0. The number of halogens is 18.